The van der Waals surface area contributed by atoms with Crippen molar-refractivity contribution in [2.24, 2.45) is 0 Å². The highest BCUT2D eigenvalue weighted by Gasteiger charge is 2.31. The number of para-hydroxylation sites is 1. The van der Waals surface area contributed by atoms with Crippen LogP contribution in [0.2, 0.25) is 0 Å². The van der Waals surface area contributed by atoms with Crippen LogP contribution in [0.1, 0.15) is 16.1 Å². The first-order valence-electron chi connectivity index (χ1n) is 12.4. The lowest BCUT2D eigenvalue weighted by Crippen LogP contribution is -2.49. The van der Waals surface area contributed by atoms with Gasteiger partial charge in [0.2, 0.25) is 0 Å². The van der Waals surface area contributed by atoms with Crippen LogP contribution in [0.4, 0.5) is 5.69 Å². The van der Waals surface area contributed by atoms with Gasteiger partial charge in [0.25, 0.3) is 11.8 Å². The summed E-state index contributed by atoms with van der Waals surface area (Å²) in [6.45, 7) is 3.85. The molecule has 1 saturated heterocycles. The molecule has 2 aliphatic heterocycles. The lowest BCUT2D eigenvalue weighted by Gasteiger charge is -2.24. The van der Waals surface area contributed by atoms with E-state index in [0.29, 0.717) is 29.5 Å². The molecule has 0 aliphatic carbocycles. The van der Waals surface area contributed by atoms with Crippen LogP contribution in [0.5, 0.6) is 17.2 Å². The standard InChI is InChI=1S/C29H28N4O5/c1-32-26-18-21(6-5-13-33-14-16-36-17-15-33)9-10-27(26)37-20-25(29(32)35)31-28(34)24-19-23(11-12-30-24)38-22-7-3-2-4-8-22/h2-4,7-12,18-19,25H,13-17,20H2,1H3,(H,31,34)/t25-/m0/s1. The Bertz CT molecular complexity index is 1360. The predicted octanol–water partition coefficient (Wildman–Crippen LogP) is 2.71. The Morgan fingerprint density at radius 3 is 2.74 bits per heavy atom. The van der Waals surface area contributed by atoms with E-state index in [2.05, 4.69) is 27.0 Å². The molecular weight excluding hydrogens is 484 g/mol. The molecule has 0 bridgehead atoms. The minimum atomic E-state index is -0.892. The highest BCUT2D eigenvalue weighted by molar-refractivity contribution is 6.03. The summed E-state index contributed by atoms with van der Waals surface area (Å²) in [6, 6.07) is 17.0. The third-order valence-electron chi connectivity index (χ3n) is 6.24. The number of carbonyl (C=O) groups is 2. The Labute approximate surface area is 221 Å². The van der Waals surface area contributed by atoms with Crippen molar-refractivity contribution in [1.82, 2.24) is 15.2 Å². The second kappa shape index (κ2) is 11.8. The van der Waals surface area contributed by atoms with E-state index in [1.807, 2.05) is 42.5 Å². The van der Waals surface area contributed by atoms with Gasteiger partial charge in [-0.1, -0.05) is 30.0 Å². The van der Waals surface area contributed by atoms with Crippen molar-refractivity contribution in [3.05, 3.63) is 78.1 Å². The molecule has 9 heteroatoms. The molecule has 194 valence electrons. The summed E-state index contributed by atoms with van der Waals surface area (Å²) in [7, 11) is 1.66. The smallest absolute Gasteiger partial charge is 0.270 e. The molecule has 0 radical (unpaired) electrons. The number of fused-ring (bicyclic) bond motifs is 1. The fraction of sp³-hybridized carbons (Fsp3) is 0.276. The molecular formula is C29H28N4O5. The van der Waals surface area contributed by atoms with Gasteiger partial charge in [-0.3, -0.25) is 19.5 Å². The number of pyridine rings is 1. The number of benzene rings is 2. The SMILES string of the molecule is CN1C(=O)[C@@H](NC(=O)c2cc(Oc3ccccc3)ccn2)COc2ccc(C#CCN3CCOCC3)cc21. The second-order valence-corrected chi connectivity index (χ2v) is 8.90. The lowest BCUT2D eigenvalue weighted by molar-refractivity contribution is -0.120. The summed E-state index contributed by atoms with van der Waals surface area (Å²) in [4.78, 5) is 34.1. The number of anilines is 1. The summed E-state index contributed by atoms with van der Waals surface area (Å²) in [5, 5.41) is 2.75. The summed E-state index contributed by atoms with van der Waals surface area (Å²) in [5.41, 5.74) is 1.51. The van der Waals surface area contributed by atoms with E-state index < -0.39 is 11.9 Å². The van der Waals surface area contributed by atoms with Crippen molar-refractivity contribution in [3.8, 4) is 29.1 Å². The van der Waals surface area contributed by atoms with E-state index in [0.717, 1.165) is 31.9 Å². The van der Waals surface area contributed by atoms with Gasteiger partial charge in [-0.2, -0.15) is 0 Å². The quantitative estimate of drug-likeness (QED) is 0.526. The lowest BCUT2D eigenvalue weighted by atomic mass is 10.1. The zero-order chi connectivity index (χ0) is 26.3. The number of nitrogens with zero attached hydrogens (tertiary/aromatic N) is 3. The highest BCUT2D eigenvalue weighted by atomic mass is 16.5. The van der Waals surface area contributed by atoms with Gasteiger partial charge in [0.1, 0.15) is 35.6 Å². The topological polar surface area (TPSA) is 93.2 Å². The van der Waals surface area contributed by atoms with Crippen LogP contribution in [0.3, 0.4) is 0 Å². The first kappa shape index (κ1) is 25.3. The molecule has 3 heterocycles. The van der Waals surface area contributed by atoms with Crippen LogP contribution in [0.15, 0.2) is 66.9 Å². The minimum Gasteiger partial charge on any atom is -0.489 e. The number of ether oxygens (including phenoxy) is 3. The number of hydrogen-bond donors (Lipinski definition) is 1. The molecule has 0 unspecified atom stereocenters. The largest absolute Gasteiger partial charge is 0.489 e. The van der Waals surface area contributed by atoms with E-state index >= 15 is 0 Å². The first-order chi connectivity index (χ1) is 18.6. The van der Waals surface area contributed by atoms with Gasteiger partial charge < -0.3 is 24.4 Å². The third-order valence-corrected chi connectivity index (χ3v) is 6.24. The number of morpholine rings is 1. The molecule has 9 nitrogen and oxygen atoms in total. The first-order valence-corrected chi connectivity index (χ1v) is 12.4. The van der Waals surface area contributed by atoms with Crippen molar-refractivity contribution < 1.29 is 23.8 Å². The zero-order valence-electron chi connectivity index (χ0n) is 21.1. The molecule has 3 aromatic rings. The van der Waals surface area contributed by atoms with E-state index in [4.69, 9.17) is 14.2 Å². The number of rotatable bonds is 5. The highest BCUT2D eigenvalue weighted by Crippen LogP contribution is 2.31. The molecule has 2 aliphatic rings. The normalized spacial score (nSPS) is 17.3. The van der Waals surface area contributed by atoms with Gasteiger partial charge in [0.05, 0.1) is 25.4 Å². The van der Waals surface area contributed by atoms with Crippen molar-refractivity contribution in [3.63, 3.8) is 0 Å². The van der Waals surface area contributed by atoms with Gasteiger partial charge in [-0.05, 0) is 36.4 Å². The van der Waals surface area contributed by atoms with Crippen LogP contribution in [0.25, 0.3) is 0 Å². The molecule has 38 heavy (non-hydrogen) atoms. The Morgan fingerprint density at radius 1 is 1.11 bits per heavy atom. The monoisotopic (exact) mass is 512 g/mol. The van der Waals surface area contributed by atoms with Crippen molar-refractivity contribution in [2.45, 2.75) is 6.04 Å². The molecule has 0 spiro atoms. The fourth-order valence-electron chi connectivity index (χ4n) is 4.15. The van der Waals surface area contributed by atoms with Crippen LogP contribution in [0, 0.1) is 11.8 Å². The molecule has 2 aromatic carbocycles. The molecule has 1 N–H and O–H groups in total. The van der Waals surface area contributed by atoms with Crippen molar-refractivity contribution >= 4 is 17.5 Å². The number of amides is 2. The Kier molecular flexibility index (Phi) is 7.83. The predicted molar refractivity (Wildman–Crippen MR) is 141 cm³/mol. The van der Waals surface area contributed by atoms with Gasteiger partial charge in [0.15, 0.2) is 0 Å². The van der Waals surface area contributed by atoms with Gasteiger partial charge in [-0.15, -0.1) is 0 Å². The summed E-state index contributed by atoms with van der Waals surface area (Å²) in [5.74, 6) is 7.22. The van der Waals surface area contributed by atoms with E-state index in [-0.39, 0.29) is 18.2 Å². The van der Waals surface area contributed by atoms with Gasteiger partial charge in [0, 0.05) is 38.0 Å². The van der Waals surface area contributed by atoms with Crippen molar-refractivity contribution in [2.75, 3.05) is 51.4 Å². The van der Waals surface area contributed by atoms with E-state index in [1.165, 1.54) is 17.2 Å². The Balaban J connectivity index is 1.24. The summed E-state index contributed by atoms with van der Waals surface area (Å²) >= 11 is 0. The Morgan fingerprint density at radius 2 is 1.92 bits per heavy atom. The molecule has 1 atom stereocenters. The number of hydrogen-bond acceptors (Lipinski definition) is 7. The molecule has 1 aromatic heterocycles. The van der Waals surface area contributed by atoms with Crippen LogP contribution < -0.4 is 19.7 Å². The molecule has 0 saturated carbocycles. The van der Waals surface area contributed by atoms with Crippen LogP contribution in [-0.2, 0) is 9.53 Å². The zero-order valence-corrected chi connectivity index (χ0v) is 21.1. The minimum absolute atomic E-state index is 0.00975. The van der Waals surface area contributed by atoms with Crippen LogP contribution >= 0.6 is 0 Å². The maximum atomic E-state index is 13.2. The summed E-state index contributed by atoms with van der Waals surface area (Å²) in [6.07, 6.45) is 1.49. The van der Waals surface area contributed by atoms with E-state index in [1.54, 1.807) is 19.2 Å². The molecule has 5 rings (SSSR count). The molecule has 1 fully saturated rings. The third kappa shape index (κ3) is 6.11. The Hall–Kier alpha value is -4.39. The maximum absolute atomic E-state index is 13.2. The van der Waals surface area contributed by atoms with E-state index in [9.17, 15) is 9.59 Å². The number of nitrogens with one attached hydrogen (secondary N) is 1. The average Bonchev–Trinajstić information content (AvgIpc) is 3.06. The van der Waals surface area contributed by atoms with Gasteiger partial charge >= 0.3 is 0 Å². The number of carbonyl (C=O) groups excluding carboxylic acids is 2. The van der Waals surface area contributed by atoms with Gasteiger partial charge in [-0.25, -0.2) is 0 Å². The summed E-state index contributed by atoms with van der Waals surface area (Å²) < 4.78 is 17.1. The number of aromatic nitrogens is 1. The van der Waals surface area contributed by atoms with Crippen LogP contribution in [-0.4, -0.2) is 74.2 Å². The van der Waals surface area contributed by atoms with Crippen molar-refractivity contribution in [1.29, 1.82) is 0 Å². The average molecular weight is 513 g/mol. The maximum Gasteiger partial charge on any atom is 0.270 e. The number of likely N-dealkylation sites (N-methyl/N-ethyl adjacent to an activating group) is 1. The second-order valence-electron chi connectivity index (χ2n) is 8.90. The molecule has 2 amide bonds. The fourth-order valence-corrected chi connectivity index (χ4v) is 4.15.